The van der Waals surface area contributed by atoms with Crippen molar-refractivity contribution in [3.8, 4) is 0 Å². The molecule has 0 radical (unpaired) electrons. The Morgan fingerprint density at radius 3 is 2.37 bits per heavy atom. The molecule has 0 spiro atoms. The Hall–Kier alpha value is -2.22. The summed E-state index contributed by atoms with van der Waals surface area (Å²) in [6, 6.07) is 0. The van der Waals surface area contributed by atoms with Crippen molar-refractivity contribution in [3.63, 3.8) is 0 Å². The van der Waals surface area contributed by atoms with Gasteiger partial charge in [0.1, 0.15) is 17.2 Å². The Balaban J connectivity index is 1.81. The van der Waals surface area contributed by atoms with E-state index in [0.29, 0.717) is 19.5 Å². The Bertz CT molecular complexity index is 718. The minimum Gasteiger partial charge on any atom is -0.381 e. The van der Waals surface area contributed by atoms with Gasteiger partial charge >= 0.3 is 0 Å². The van der Waals surface area contributed by atoms with Gasteiger partial charge in [-0.1, -0.05) is 0 Å². The smallest absolute Gasteiger partial charge is 0.254 e. The SMILES string of the molecule is CNc1nc(C2CCN(C(C)=O)CC2)nc2c1CN(C(=O)C(C)(C)O)CC2. The van der Waals surface area contributed by atoms with E-state index >= 15 is 0 Å². The minimum atomic E-state index is -1.39. The van der Waals surface area contributed by atoms with Gasteiger partial charge in [-0.15, -0.1) is 0 Å². The lowest BCUT2D eigenvalue weighted by Crippen LogP contribution is -2.47. The molecule has 0 bridgehead atoms. The summed E-state index contributed by atoms with van der Waals surface area (Å²) in [4.78, 5) is 37.0. The molecule has 8 nitrogen and oxygen atoms in total. The van der Waals surface area contributed by atoms with Crippen LogP contribution in [0.15, 0.2) is 0 Å². The molecule has 3 heterocycles. The fourth-order valence-electron chi connectivity index (χ4n) is 3.84. The molecule has 3 rings (SSSR count). The summed E-state index contributed by atoms with van der Waals surface area (Å²) in [6.07, 6.45) is 2.38. The van der Waals surface area contributed by atoms with Crippen molar-refractivity contribution >= 4 is 17.6 Å². The van der Waals surface area contributed by atoms with E-state index in [-0.39, 0.29) is 17.7 Å². The lowest BCUT2D eigenvalue weighted by molar-refractivity contribution is -0.148. The third-order valence-corrected chi connectivity index (χ3v) is 5.43. The molecule has 148 valence electrons. The highest BCUT2D eigenvalue weighted by atomic mass is 16.3. The average molecular weight is 375 g/mol. The maximum Gasteiger partial charge on any atom is 0.254 e. The van der Waals surface area contributed by atoms with Gasteiger partial charge in [-0.05, 0) is 26.7 Å². The first-order valence-electron chi connectivity index (χ1n) is 9.55. The monoisotopic (exact) mass is 375 g/mol. The largest absolute Gasteiger partial charge is 0.381 e. The van der Waals surface area contributed by atoms with E-state index in [4.69, 9.17) is 9.97 Å². The molecular formula is C19H29N5O3. The molecule has 0 unspecified atom stereocenters. The lowest BCUT2D eigenvalue weighted by Gasteiger charge is -2.34. The normalized spacial score (nSPS) is 18.3. The van der Waals surface area contributed by atoms with Crippen molar-refractivity contribution < 1.29 is 14.7 Å². The first-order chi connectivity index (χ1) is 12.7. The molecule has 1 fully saturated rings. The van der Waals surface area contributed by atoms with Crippen LogP contribution in [0.3, 0.4) is 0 Å². The zero-order valence-corrected chi connectivity index (χ0v) is 16.6. The number of aromatic nitrogens is 2. The number of nitrogens with one attached hydrogen (secondary N) is 1. The van der Waals surface area contributed by atoms with Crippen LogP contribution < -0.4 is 5.32 Å². The molecule has 1 saturated heterocycles. The van der Waals surface area contributed by atoms with Crippen LogP contribution in [0.25, 0.3) is 0 Å². The molecule has 27 heavy (non-hydrogen) atoms. The van der Waals surface area contributed by atoms with Crippen LogP contribution in [0.5, 0.6) is 0 Å². The van der Waals surface area contributed by atoms with E-state index in [1.54, 1.807) is 11.8 Å². The van der Waals surface area contributed by atoms with Crippen molar-refractivity contribution in [1.82, 2.24) is 19.8 Å². The van der Waals surface area contributed by atoms with Crippen LogP contribution in [-0.4, -0.2) is 69.0 Å². The van der Waals surface area contributed by atoms with Gasteiger partial charge < -0.3 is 20.2 Å². The Labute approximate surface area is 160 Å². The molecule has 2 N–H and O–H groups in total. The zero-order chi connectivity index (χ0) is 19.8. The van der Waals surface area contributed by atoms with Gasteiger partial charge in [-0.3, -0.25) is 9.59 Å². The first kappa shape index (κ1) is 19.5. The third-order valence-electron chi connectivity index (χ3n) is 5.43. The van der Waals surface area contributed by atoms with E-state index in [9.17, 15) is 14.7 Å². The van der Waals surface area contributed by atoms with Gasteiger partial charge in [-0.2, -0.15) is 0 Å². The molecule has 8 heteroatoms. The van der Waals surface area contributed by atoms with Gasteiger partial charge in [0.2, 0.25) is 5.91 Å². The maximum absolute atomic E-state index is 12.4. The van der Waals surface area contributed by atoms with E-state index in [1.165, 1.54) is 13.8 Å². The molecule has 0 aromatic carbocycles. The van der Waals surface area contributed by atoms with Gasteiger partial charge in [0.25, 0.3) is 5.91 Å². The van der Waals surface area contributed by atoms with E-state index in [0.717, 1.165) is 48.8 Å². The predicted octanol–water partition coefficient (Wildman–Crippen LogP) is 0.900. The molecular weight excluding hydrogens is 346 g/mol. The lowest BCUT2D eigenvalue weighted by atomic mass is 9.95. The Kier molecular flexibility index (Phi) is 5.37. The van der Waals surface area contributed by atoms with E-state index in [1.807, 2.05) is 11.9 Å². The second kappa shape index (κ2) is 7.42. The number of carbonyl (C=O) groups excluding carboxylic acids is 2. The standard InChI is InChI=1S/C19H29N5O3/c1-12(25)23-8-5-13(6-9-23)16-21-15-7-10-24(18(26)19(2,3)27)11-14(15)17(20-4)22-16/h13,27H,5-11H2,1-4H3,(H,20,21,22). The average Bonchev–Trinajstić information content (AvgIpc) is 2.65. The van der Waals surface area contributed by atoms with Crippen molar-refractivity contribution in [3.05, 3.63) is 17.1 Å². The van der Waals surface area contributed by atoms with Crippen LogP contribution in [0.2, 0.25) is 0 Å². The second-order valence-electron chi connectivity index (χ2n) is 7.92. The fraction of sp³-hybridized carbons (Fsp3) is 0.684. The summed E-state index contributed by atoms with van der Waals surface area (Å²) in [6.45, 7) is 7.05. The minimum absolute atomic E-state index is 0.118. The number of hydrogen-bond acceptors (Lipinski definition) is 6. The molecule has 1 aromatic heterocycles. The highest BCUT2D eigenvalue weighted by Gasteiger charge is 2.34. The number of nitrogens with zero attached hydrogens (tertiary/aromatic N) is 4. The molecule has 2 aliphatic heterocycles. The Morgan fingerprint density at radius 1 is 1.15 bits per heavy atom. The van der Waals surface area contributed by atoms with E-state index in [2.05, 4.69) is 5.32 Å². The highest BCUT2D eigenvalue weighted by Crippen LogP contribution is 2.31. The first-order valence-corrected chi connectivity index (χ1v) is 9.55. The topological polar surface area (TPSA) is 98.7 Å². The van der Waals surface area contributed by atoms with Gasteiger partial charge in [-0.25, -0.2) is 9.97 Å². The van der Waals surface area contributed by atoms with Crippen LogP contribution in [-0.2, 0) is 22.6 Å². The number of piperidine rings is 1. The number of hydrogen-bond donors (Lipinski definition) is 2. The summed E-state index contributed by atoms with van der Waals surface area (Å²) >= 11 is 0. The number of likely N-dealkylation sites (tertiary alicyclic amines) is 1. The zero-order valence-electron chi connectivity index (χ0n) is 16.6. The fourth-order valence-corrected chi connectivity index (χ4v) is 3.84. The molecule has 0 saturated carbocycles. The van der Waals surface area contributed by atoms with Gasteiger partial charge in [0, 0.05) is 51.5 Å². The molecule has 0 aliphatic carbocycles. The summed E-state index contributed by atoms with van der Waals surface area (Å²) in [5.74, 6) is 1.65. The Morgan fingerprint density at radius 2 is 1.81 bits per heavy atom. The van der Waals surface area contributed by atoms with Crippen LogP contribution in [0.4, 0.5) is 5.82 Å². The maximum atomic E-state index is 12.4. The van der Waals surface area contributed by atoms with E-state index < -0.39 is 5.60 Å². The third kappa shape index (κ3) is 4.05. The highest BCUT2D eigenvalue weighted by molar-refractivity contribution is 5.84. The second-order valence-corrected chi connectivity index (χ2v) is 7.92. The predicted molar refractivity (Wildman–Crippen MR) is 101 cm³/mol. The molecule has 1 aromatic rings. The van der Waals surface area contributed by atoms with Crippen molar-refractivity contribution in [2.45, 2.75) is 58.1 Å². The number of carbonyl (C=O) groups is 2. The summed E-state index contributed by atoms with van der Waals surface area (Å²) < 4.78 is 0. The number of aliphatic hydroxyl groups is 1. The molecule has 2 amide bonds. The van der Waals surface area contributed by atoms with Crippen molar-refractivity contribution in [2.24, 2.45) is 0 Å². The number of amides is 2. The molecule has 2 aliphatic rings. The summed E-state index contributed by atoms with van der Waals surface area (Å²) in [7, 11) is 1.82. The van der Waals surface area contributed by atoms with Crippen LogP contribution in [0, 0.1) is 0 Å². The molecule has 0 atom stereocenters. The van der Waals surface area contributed by atoms with Crippen molar-refractivity contribution in [1.29, 1.82) is 0 Å². The van der Waals surface area contributed by atoms with Gasteiger partial charge in [0.15, 0.2) is 0 Å². The van der Waals surface area contributed by atoms with Crippen LogP contribution >= 0.6 is 0 Å². The van der Waals surface area contributed by atoms with Crippen molar-refractivity contribution in [2.75, 3.05) is 32.0 Å². The van der Waals surface area contributed by atoms with Crippen LogP contribution in [0.1, 0.15) is 56.6 Å². The number of rotatable bonds is 3. The number of anilines is 1. The number of fused-ring (bicyclic) bond motifs is 1. The summed E-state index contributed by atoms with van der Waals surface area (Å²) in [5, 5.41) is 13.2. The quantitative estimate of drug-likeness (QED) is 0.814. The summed E-state index contributed by atoms with van der Waals surface area (Å²) in [5.41, 5.74) is 0.507. The van der Waals surface area contributed by atoms with Gasteiger partial charge in [0.05, 0.1) is 12.2 Å².